The van der Waals surface area contributed by atoms with E-state index >= 15 is 0 Å². The fourth-order valence-electron chi connectivity index (χ4n) is 2.29. The molecule has 0 aromatic heterocycles. The van der Waals surface area contributed by atoms with Gasteiger partial charge in [0, 0.05) is 12.5 Å². The molecule has 0 radical (unpaired) electrons. The molecule has 110 valence electrons. The highest BCUT2D eigenvalue weighted by atomic mass is 19.4. The van der Waals surface area contributed by atoms with Crippen molar-refractivity contribution in [2.75, 3.05) is 6.54 Å². The lowest BCUT2D eigenvalue weighted by Crippen LogP contribution is -2.26. The fourth-order valence-corrected chi connectivity index (χ4v) is 2.29. The monoisotopic (exact) mass is 285 g/mol. The number of amides is 1. The Morgan fingerprint density at radius 1 is 1.30 bits per heavy atom. The highest BCUT2D eigenvalue weighted by Gasteiger charge is 2.44. The summed E-state index contributed by atoms with van der Waals surface area (Å²) in [4.78, 5) is 11.8. The van der Waals surface area contributed by atoms with Crippen molar-refractivity contribution in [1.29, 1.82) is 0 Å². The summed E-state index contributed by atoms with van der Waals surface area (Å²) < 4.78 is 37.4. The van der Waals surface area contributed by atoms with Crippen molar-refractivity contribution in [2.45, 2.75) is 38.3 Å². The molecule has 0 aliphatic heterocycles. The summed E-state index contributed by atoms with van der Waals surface area (Å²) in [5.41, 5.74) is 0.166. The Kier molecular flexibility index (Phi) is 4.35. The minimum atomic E-state index is -4.31. The third-order valence-electron chi connectivity index (χ3n) is 3.62. The summed E-state index contributed by atoms with van der Waals surface area (Å²) in [7, 11) is 0. The van der Waals surface area contributed by atoms with Gasteiger partial charge in [0.25, 0.3) is 0 Å². The van der Waals surface area contributed by atoms with Crippen LogP contribution in [-0.4, -0.2) is 12.5 Å². The first kappa shape index (κ1) is 14.9. The Hall–Kier alpha value is -1.52. The molecule has 5 heteroatoms. The molecule has 1 aromatic carbocycles. The van der Waals surface area contributed by atoms with E-state index in [1.807, 2.05) is 6.92 Å². The van der Waals surface area contributed by atoms with E-state index in [-0.39, 0.29) is 17.7 Å². The van der Waals surface area contributed by atoms with E-state index in [1.54, 1.807) is 0 Å². The van der Waals surface area contributed by atoms with Gasteiger partial charge in [-0.3, -0.25) is 4.79 Å². The van der Waals surface area contributed by atoms with Crippen LogP contribution in [-0.2, 0) is 11.0 Å². The standard InChI is InChI=1S/C15H18F3NO/c1-2-3-8-19-14(20)13-9-12(13)10-4-6-11(7-5-10)15(16,17)18/h4-7,12-13H,2-3,8-9H2,1H3,(H,19,20). The zero-order valence-electron chi connectivity index (χ0n) is 11.3. The third kappa shape index (κ3) is 3.52. The highest BCUT2D eigenvalue weighted by molar-refractivity contribution is 5.82. The van der Waals surface area contributed by atoms with Gasteiger partial charge >= 0.3 is 6.18 Å². The Labute approximate surface area is 116 Å². The van der Waals surface area contributed by atoms with E-state index in [9.17, 15) is 18.0 Å². The van der Waals surface area contributed by atoms with Crippen LogP contribution >= 0.6 is 0 Å². The van der Waals surface area contributed by atoms with Crippen molar-refractivity contribution < 1.29 is 18.0 Å². The molecular weight excluding hydrogens is 267 g/mol. The molecule has 1 aliphatic carbocycles. The van der Waals surface area contributed by atoms with Gasteiger partial charge in [0.1, 0.15) is 0 Å². The molecule has 2 nitrogen and oxygen atoms in total. The van der Waals surface area contributed by atoms with Gasteiger partial charge in [-0.1, -0.05) is 25.5 Å². The first-order valence-corrected chi connectivity index (χ1v) is 6.88. The Bertz CT molecular complexity index is 467. The van der Waals surface area contributed by atoms with Gasteiger partial charge in [0.15, 0.2) is 0 Å². The number of alkyl halides is 3. The van der Waals surface area contributed by atoms with Gasteiger partial charge in [-0.15, -0.1) is 0 Å². The fraction of sp³-hybridized carbons (Fsp3) is 0.533. The Balaban J connectivity index is 1.90. The van der Waals surface area contributed by atoms with Gasteiger partial charge < -0.3 is 5.32 Å². The second-order valence-electron chi connectivity index (χ2n) is 5.21. The number of rotatable bonds is 5. The topological polar surface area (TPSA) is 29.1 Å². The second-order valence-corrected chi connectivity index (χ2v) is 5.21. The molecule has 20 heavy (non-hydrogen) atoms. The summed E-state index contributed by atoms with van der Waals surface area (Å²) in [5.74, 6) is 0.00542. The minimum Gasteiger partial charge on any atom is -0.356 e. The van der Waals surface area contributed by atoms with Gasteiger partial charge in [-0.05, 0) is 36.5 Å². The second kappa shape index (κ2) is 5.85. The van der Waals surface area contributed by atoms with E-state index in [0.29, 0.717) is 6.54 Å². The number of benzene rings is 1. The maximum Gasteiger partial charge on any atom is 0.416 e. The van der Waals surface area contributed by atoms with Gasteiger partial charge in [-0.25, -0.2) is 0 Å². The molecular formula is C15H18F3NO. The van der Waals surface area contributed by atoms with E-state index in [1.165, 1.54) is 12.1 Å². The SMILES string of the molecule is CCCCNC(=O)C1CC1c1ccc(C(F)(F)F)cc1. The third-order valence-corrected chi connectivity index (χ3v) is 3.62. The van der Waals surface area contributed by atoms with E-state index in [0.717, 1.165) is 37.0 Å². The molecule has 2 rings (SSSR count). The molecule has 1 fully saturated rings. The number of nitrogens with one attached hydrogen (secondary N) is 1. The summed E-state index contributed by atoms with van der Waals surface area (Å²) in [6.07, 6.45) is -1.61. The molecule has 1 N–H and O–H groups in total. The molecule has 2 unspecified atom stereocenters. The van der Waals surface area contributed by atoms with Crippen molar-refractivity contribution >= 4 is 5.91 Å². The highest BCUT2D eigenvalue weighted by Crippen LogP contribution is 2.47. The Morgan fingerprint density at radius 2 is 1.95 bits per heavy atom. The number of unbranched alkanes of at least 4 members (excludes halogenated alkanes) is 1. The number of hydrogen-bond donors (Lipinski definition) is 1. The zero-order valence-corrected chi connectivity index (χ0v) is 11.3. The number of carbonyl (C=O) groups excluding carboxylic acids is 1. The van der Waals surface area contributed by atoms with Crippen molar-refractivity contribution in [3.63, 3.8) is 0 Å². The van der Waals surface area contributed by atoms with Crippen molar-refractivity contribution in [2.24, 2.45) is 5.92 Å². The van der Waals surface area contributed by atoms with Crippen LogP contribution < -0.4 is 5.32 Å². The Morgan fingerprint density at radius 3 is 2.50 bits per heavy atom. The number of hydrogen-bond acceptors (Lipinski definition) is 1. The van der Waals surface area contributed by atoms with Crippen molar-refractivity contribution in [3.05, 3.63) is 35.4 Å². The van der Waals surface area contributed by atoms with Crippen LogP contribution in [0.4, 0.5) is 13.2 Å². The molecule has 0 heterocycles. The lowest BCUT2D eigenvalue weighted by atomic mass is 10.1. The average Bonchev–Trinajstić information content (AvgIpc) is 3.18. The van der Waals surface area contributed by atoms with Crippen LogP contribution in [0.2, 0.25) is 0 Å². The predicted molar refractivity (Wildman–Crippen MR) is 70.2 cm³/mol. The first-order valence-electron chi connectivity index (χ1n) is 6.88. The summed E-state index contributed by atoms with van der Waals surface area (Å²) in [5, 5.41) is 2.86. The molecule has 1 aromatic rings. The number of halogens is 3. The first-order chi connectivity index (χ1) is 9.43. The quantitative estimate of drug-likeness (QED) is 0.821. The molecule has 0 bridgehead atoms. The molecule has 2 atom stereocenters. The van der Waals surface area contributed by atoms with Crippen LogP contribution in [0, 0.1) is 5.92 Å². The van der Waals surface area contributed by atoms with Crippen LogP contribution in [0.3, 0.4) is 0 Å². The molecule has 1 saturated carbocycles. The van der Waals surface area contributed by atoms with Gasteiger partial charge in [0.2, 0.25) is 5.91 Å². The van der Waals surface area contributed by atoms with E-state index < -0.39 is 11.7 Å². The van der Waals surface area contributed by atoms with Gasteiger partial charge in [-0.2, -0.15) is 13.2 Å². The van der Waals surface area contributed by atoms with Crippen LogP contribution in [0.5, 0.6) is 0 Å². The summed E-state index contributed by atoms with van der Waals surface area (Å²) in [6.45, 7) is 2.72. The van der Waals surface area contributed by atoms with E-state index in [2.05, 4.69) is 5.32 Å². The lowest BCUT2D eigenvalue weighted by molar-refractivity contribution is -0.137. The van der Waals surface area contributed by atoms with Crippen LogP contribution in [0.25, 0.3) is 0 Å². The average molecular weight is 285 g/mol. The smallest absolute Gasteiger partial charge is 0.356 e. The van der Waals surface area contributed by atoms with Crippen molar-refractivity contribution in [1.82, 2.24) is 5.32 Å². The van der Waals surface area contributed by atoms with E-state index in [4.69, 9.17) is 0 Å². The largest absolute Gasteiger partial charge is 0.416 e. The lowest BCUT2D eigenvalue weighted by Gasteiger charge is -2.07. The molecule has 1 aliphatic rings. The normalized spacial score (nSPS) is 21.6. The predicted octanol–water partition coefficient (Wildman–Crippen LogP) is 3.73. The summed E-state index contributed by atoms with van der Waals surface area (Å²) >= 11 is 0. The van der Waals surface area contributed by atoms with Gasteiger partial charge in [0.05, 0.1) is 5.56 Å². The maximum atomic E-state index is 12.5. The summed E-state index contributed by atoms with van der Waals surface area (Å²) in [6, 6.07) is 5.12. The number of carbonyl (C=O) groups is 1. The minimum absolute atomic E-state index is 0.0170. The van der Waals surface area contributed by atoms with Crippen LogP contribution in [0.15, 0.2) is 24.3 Å². The van der Waals surface area contributed by atoms with Crippen molar-refractivity contribution in [3.8, 4) is 0 Å². The maximum absolute atomic E-state index is 12.5. The molecule has 0 spiro atoms. The van der Waals surface area contributed by atoms with Crippen LogP contribution in [0.1, 0.15) is 43.2 Å². The zero-order chi connectivity index (χ0) is 14.8. The molecule has 1 amide bonds. The molecule has 0 saturated heterocycles.